The van der Waals surface area contributed by atoms with Crippen molar-refractivity contribution in [2.24, 2.45) is 5.29 Å². The number of nitroso groups, excluding NO2 is 1. The number of hydrogen-bond acceptors (Lipinski definition) is 4. The summed E-state index contributed by atoms with van der Waals surface area (Å²) in [7, 11) is 0. The van der Waals surface area contributed by atoms with Crippen molar-refractivity contribution in [3.63, 3.8) is 0 Å². The van der Waals surface area contributed by atoms with Crippen LogP contribution in [0.25, 0.3) is 0 Å². The van der Waals surface area contributed by atoms with Crippen LogP contribution in [-0.2, 0) is 0 Å². The Bertz CT molecular complexity index is 428. The standard InChI is InChI=1S/C10H15N3O3/c1-12(11-15)6-3-5-10(14)9-4-2-7-13(16)8-9/h2,4,7-8,10,14H,3,5-6H2,1H3/i1D3. The van der Waals surface area contributed by atoms with Gasteiger partial charge in [-0.2, -0.15) is 4.73 Å². The molecule has 0 spiro atoms. The van der Waals surface area contributed by atoms with Crippen LogP contribution in [0.2, 0.25) is 0 Å². The van der Waals surface area contributed by atoms with Crippen LogP contribution in [0, 0.1) is 10.1 Å². The second kappa shape index (κ2) is 6.02. The molecule has 1 aromatic heterocycles. The second-order valence-electron chi connectivity index (χ2n) is 3.36. The fraction of sp³-hybridized carbons (Fsp3) is 0.500. The Morgan fingerprint density at radius 1 is 1.81 bits per heavy atom. The molecule has 1 heterocycles. The first-order chi connectivity index (χ1) is 8.84. The molecule has 16 heavy (non-hydrogen) atoms. The van der Waals surface area contributed by atoms with Gasteiger partial charge in [0.2, 0.25) is 0 Å². The average molecular weight is 228 g/mol. The van der Waals surface area contributed by atoms with Gasteiger partial charge in [0.15, 0.2) is 12.4 Å². The molecular weight excluding hydrogens is 210 g/mol. The maximum absolute atomic E-state index is 11.0. The lowest BCUT2D eigenvalue weighted by Gasteiger charge is -2.12. The lowest BCUT2D eigenvalue weighted by molar-refractivity contribution is -0.606. The largest absolute Gasteiger partial charge is 0.619 e. The van der Waals surface area contributed by atoms with Gasteiger partial charge in [-0.15, -0.1) is 4.91 Å². The van der Waals surface area contributed by atoms with Gasteiger partial charge in [0.05, 0.1) is 11.4 Å². The van der Waals surface area contributed by atoms with Crippen LogP contribution in [0.4, 0.5) is 0 Å². The first-order valence-electron chi connectivity index (χ1n) is 6.32. The third-order valence-electron chi connectivity index (χ3n) is 2.13. The summed E-state index contributed by atoms with van der Waals surface area (Å²) in [4.78, 5) is 10.4. The maximum atomic E-state index is 11.0. The highest BCUT2D eigenvalue weighted by molar-refractivity contribution is 5.08. The van der Waals surface area contributed by atoms with Crippen molar-refractivity contribution in [2.75, 3.05) is 13.5 Å². The van der Waals surface area contributed by atoms with E-state index in [-0.39, 0.29) is 19.4 Å². The van der Waals surface area contributed by atoms with Gasteiger partial charge in [0, 0.05) is 29.3 Å². The highest BCUT2D eigenvalue weighted by Crippen LogP contribution is 2.16. The molecule has 0 saturated heterocycles. The van der Waals surface area contributed by atoms with Gasteiger partial charge in [-0.1, -0.05) is 0 Å². The molecule has 1 atom stereocenters. The van der Waals surface area contributed by atoms with Crippen LogP contribution in [0.1, 0.15) is 28.6 Å². The monoisotopic (exact) mass is 228 g/mol. The molecule has 1 unspecified atom stereocenters. The predicted octanol–water partition coefficient (Wildman–Crippen LogP) is 0.747. The quantitative estimate of drug-likeness (QED) is 0.337. The zero-order valence-electron chi connectivity index (χ0n) is 11.6. The van der Waals surface area contributed by atoms with E-state index in [0.717, 1.165) is 0 Å². The number of rotatable bonds is 6. The van der Waals surface area contributed by atoms with Crippen molar-refractivity contribution in [1.82, 2.24) is 5.01 Å². The van der Waals surface area contributed by atoms with Crippen LogP contribution >= 0.6 is 0 Å². The minimum absolute atomic E-state index is 0.0821. The fourth-order valence-electron chi connectivity index (χ4n) is 1.31. The predicted molar refractivity (Wildman–Crippen MR) is 58.0 cm³/mol. The average Bonchev–Trinajstić information content (AvgIpc) is 2.32. The van der Waals surface area contributed by atoms with Gasteiger partial charge in [-0.25, -0.2) is 0 Å². The second-order valence-corrected chi connectivity index (χ2v) is 3.36. The molecule has 6 nitrogen and oxygen atoms in total. The summed E-state index contributed by atoms with van der Waals surface area (Å²) in [5.74, 6) is 0. The van der Waals surface area contributed by atoms with Crippen LogP contribution in [0.3, 0.4) is 0 Å². The summed E-state index contributed by atoms with van der Waals surface area (Å²) in [5, 5.41) is 23.7. The maximum Gasteiger partial charge on any atom is 0.186 e. The molecule has 88 valence electrons. The summed E-state index contributed by atoms with van der Waals surface area (Å²) in [5.41, 5.74) is 0.442. The third-order valence-corrected chi connectivity index (χ3v) is 2.13. The van der Waals surface area contributed by atoms with Gasteiger partial charge < -0.3 is 10.3 Å². The summed E-state index contributed by atoms with van der Waals surface area (Å²) < 4.78 is 21.6. The molecule has 1 rings (SSSR count). The topological polar surface area (TPSA) is 79.8 Å². The highest BCUT2D eigenvalue weighted by atomic mass is 16.5. The first kappa shape index (κ1) is 8.46. The highest BCUT2D eigenvalue weighted by Gasteiger charge is 2.10. The number of pyridine rings is 1. The van der Waals surface area contributed by atoms with Crippen molar-refractivity contribution in [3.8, 4) is 0 Å². The number of aliphatic hydroxyl groups is 1. The molecule has 6 heteroatoms. The van der Waals surface area contributed by atoms with E-state index in [0.29, 0.717) is 15.3 Å². The van der Waals surface area contributed by atoms with E-state index in [1.54, 1.807) is 6.07 Å². The Morgan fingerprint density at radius 2 is 2.62 bits per heavy atom. The Labute approximate surface area is 97.9 Å². The van der Waals surface area contributed by atoms with Gasteiger partial charge in [0.25, 0.3) is 0 Å². The van der Waals surface area contributed by atoms with Crippen LogP contribution < -0.4 is 4.73 Å². The molecular formula is C10H15N3O3. The van der Waals surface area contributed by atoms with Crippen LogP contribution in [0.5, 0.6) is 0 Å². The molecule has 0 aromatic carbocycles. The molecule has 0 aliphatic rings. The van der Waals surface area contributed by atoms with Crippen molar-refractivity contribution >= 4 is 0 Å². The first-order valence-corrected chi connectivity index (χ1v) is 4.82. The fourth-order valence-corrected chi connectivity index (χ4v) is 1.31. The number of aliphatic hydroxyl groups excluding tert-OH is 1. The molecule has 0 radical (unpaired) electrons. The van der Waals surface area contributed by atoms with E-state index >= 15 is 0 Å². The van der Waals surface area contributed by atoms with Crippen LogP contribution in [0.15, 0.2) is 29.8 Å². The van der Waals surface area contributed by atoms with Gasteiger partial charge in [-0.05, 0) is 18.9 Å². The van der Waals surface area contributed by atoms with E-state index in [1.807, 2.05) is 0 Å². The van der Waals surface area contributed by atoms with Gasteiger partial charge in [-0.3, -0.25) is 5.01 Å². The molecule has 0 aliphatic heterocycles. The zero-order chi connectivity index (χ0) is 14.5. The Morgan fingerprint density at radius 3 is 3.25 bits per heavy atom. The Balaban J connectivity index is 2.47. The van der Waals surface area contributed by atoms with Crippen molar-refractivity contribution in [2.45, 2.75) is 18.9 Å². The minimum atomic E-state index is -2.57. The Kier molecular flexibility index (Phi) is 3.18. The summed E-state index contributed by atoms with van der Waals surface area (Å²) >= 11 is 0. The lowest BCUT2D eigenvalue weighted by atomic mass is 10.1. The van der Waals surface area contributed by atoms with Crippen LogP contribution in [-0.4, -0.2) is 23.6 Å². The van der Waals surface area contributed by atoms with Crippen molar-refractivity contribution in [1.29, 1.82) is 0 Å². The number of nitrogens with zero attached hydrogens (tertiary/aromatic N) is 3. The summed E-state index contributed by atoms with van der Waals surface area (Å²) in [6.07, 6.45) is 2.14. The lowest BCUT2D eigenvalue weighted by Crippen LogP contribution is -2.25. The third kappa shape index (κ3) is 3.82. The van der Waals surface area contributed by atoms with Gasteiger partial charge in [0.1, 0.15) is 0 Å². The van der Waals surface area contributed by atoms with E-state index in [4.69, 9.17) is 4.11 Å². The number of aromatic nitrogens is 1. The molecule has 0 fully saturated rings. The smallest absolute Gasteiger partial charge is 0.186 e. The molecule has 0 amide bonds. The molecule has 0 saturated carbocycles. The Hall–Kier alpha value is -1.69. The van der Waals surface area contributed by atoms with E-state index in [1.165, 1.54) is 18.5 Å². The van der Waals surface area contributed by atoms with E-state index in [2.05, 4.69) is 5.29 Å². The summed E-state index contributed by atoms with van der Waals surface area (Å²) in [6.45, 7) is -2.65. The molecule has 1 aromatic rings. The minimum Gasteiger partial charge on any atom is -0.619 e. The molecule has 0 bridgehead atoms. The van der Waals surface area contributed by atoms with Gasteiger partial charge >= 0.3 is 0 Å². The number of hydrogen-bond donors (Lipinski definition) is 1. The van der Waals surface area contributed by atoms with E-state index in [9.17, 15) is 15.2 Å². The van der Waals surface area contributed by atoms with E-state index < -0.39 is 13.1 Å². The normalized spacial score (nSPS) is 15.7. The van der Waals surface area contributed by atoms with Crippen molar-refractivity contribution in [3.05, 3.63) is 40.2 Å². The zero-order valence-corrected chi connectivity index (χ0v) is 8.61. The summed E-state index contributed by atoms with van der Waals surface area (Å²) in [6, 6.07) is 3.10. The van der Waals surface area contributed by atoms with Crippen molar-refractivity contribution < 1.29 is 13.9 Å². The molecule has 0 aliphatic carbocycles. The molecule has 1 N–H and O–H groups in total. The SMILES string of the molecule is [2H]C([2H])([2H])N(CCCC(O)c1ccc[n+]([O-])c1)N=O.